The molecule has 0 spiro atoms. The van der Waals surface area contributed by atoms with E-state index in [1.807, 2.05) is 0 Å². The zero-order chi connectivity index (χ0) is 13.7. The van der Waals surface area contributed by atoms with Gasteiger partial charge in [-0.3, -0.25) is 9.69 Å². The van der Waals surface area contributed by atoms with Crippen LogP contribution in [0.15, 0.2) is 15.9 Å². The van der Waals surface area contributed by atoms with Crippen LogP contribution < -0.4 is 11.1 Å². The fourth-order valence-corrected chi connectivity index (χ4v) is 3.90. The molecule has 1 aliphatic rings. The number of amides is 1. The molecule has 1 fully saturated rings. The number of likely N-dealkylation sites (tertiary alicyclic amines) is 1. The lowest BCUT2D eigenvalue weighted by Crippen LogP contribution is -2.43. The predicted molar refractivity (Wildman–Crippen MR) is 89.3 cm³/mol. The summed E-state index contributed by atoms with van der Waals surface area (Å²) in [4.78, 5) is 15.7. The van der Waals surface area contributed by atoms with E-state index in [9.17, 15) is 4.79 Å². The summed E-state index contributed by atoms with van der Waals surface area (Å²) in [7, 11) is 0. The number of hydrogen-bond donors (Lipinski definition) is 2. The normalized spacial score (nSPS) is 19.4. The summed E-state index contributed by atoms with van der Waals surface area (Å²) in [5.41, 5.74) is 5.41. The van der Waals surface area contributed by atoms with Crippen molar-refractivity contribution in [2.24, 2.45) is 11.7 Å². The van der Waals surface area contributed by atoms with E-state index in [2.05, 4.69) is 37.6 Å². The molecule has 1 aromatic heterocycles. The summed E-state index contributed by atoms with van der Waals surface area (Å²) >= 11 is 5.24. The zero-order valence-corrected chi connectivity index (χ0v) is 14.5. The number of rotatable bonds is 5. The minimum atomic E-state index is 0. The van der Waals surface area contributed by atoms with Crippen LogP contribution in [0.3, 0.4) is 0 Å². The SMILES string of the molecule is Cl.NCCNC(=O)C1CCCN(Cc2cc(Br)cs2)C1. The average Bonchev–Trinajstić information content (AvgIpc) is 2.81. The number of nitrogens with zero attached hydrogens (tertiary/aromatic N) is 1. The van der Waals surface area contributed by atoms with Crippen molar-refractivity contribution in [1.29, 1.82) is 0 Å². The van der Waals surface area contributed by atoms with Crippen LogP contribution in [0.2, 0.25) is 0 Å². The van der Waals surface area contributed by atoms with Crippen molar-refractivity contribution in [3.05, 3.63) is 20.8 Å². The first kappa shape index (κ1) is 17.9. The molecule has 0 bridgehead atoms. The molecule has 0 aromatic carbocycles. The van der Waals surface area contributed by atoms with Crippen molar-refractivity contribution in [2.75, 3.05) is 26.2 Å². The second-order valence-electron chi connectivity index (χ2n) is 4.89. The Morgan fingerprint density at radius 2 is 2.40 bits per heavy atom. The van der Waals surface area contributed by atoms with Crippen molar-refractivity contribution < 1.29 is 4.79 Å². The third-order valence-electron chi connectivity index (χ3n) is 3.32. The van der Waals surface area contributed by atoms with E-state index >= 15 is 0 Å². The number of piperidine rings is 1. The fourth-order valence-electron chi connectivity index (χ4n) is 2.41. The third-order valence-corrected chi connectivity index (χ3v) is 5.00. The van der Waals surface area contributed by atoms with E-state index in [4.69, 9.17) is 5.73 Å². The molecule has 1 aromatic rings. The highest BCUT2D eigenvalue weighted by molar-refractivity contribution is 9.10. The number of carbonyl (C=O) groups excluding carboxylic acids is 1. The summed E-state index contributed by atoms with van der Waals surface area (Å²) in [6.07, 6.45) is 2.08. The maximum absolute atomic E-state index is 12.0. The molecule has 1 unspecified atom stereocenters. The molecule has 2 heterocycles. The van der Waals surface area contributed by atoms with Gasteiger partial charge >= 0.3 is 0 Å². The predicted octanol–water partition coefficient (Wildman–Crippen LogP) is 2.22. The van der Waals surface area contributed by atoms with Gasteiger partial charge in [0.1, 0.15) is 0 Å². The Hall–Kier alpha value is -0.140. The van der Waals surface area contributed by atoms with Gasteiger partial charge in [-0.15, -0.1) is 23.7 Å². The highest BCUT2D eigenvalue weighted by Gasteiger charge is 2.25. The summed E-state index contributed by atoms with van der Waals surface area (Å²) in [6, 6.07) is 2.16. The zero-order valence-electron chi connectivity index (χ0n) is 11.3. The Bertz CT molecular complexity index is 430. The van der Waals surface area contributed by atoms with Crippen LogP contribution in [0.1, 0.15) is 17.7 Å². The van der Waals surface area contributed by atoms with Crippen molar-refractivity contribution in [3.63, 3.8) is 0 Å². The van der Waals surface area contributed by atoms with Crippen molar-refractivity contribution in [3.8, 4) is 0 Å². The van der Waals surface area contributed by atoms with Crippen LogP contribution in [0.4, 0.5) is 0 Å². The van der Waals surface area contributed by atoms with Crippen LogP contribution in [0, 0.1) is 5.92 Å². The molecule has 0 aliphatic carbocycles. The molecule has 1 aliphatic heterocycles. The van der Waals surface area contributed by atoms with Gasteiger partial charge in [0.2, 0.25) is 5.91 Å². The minimum absolute atomic E-state index is 0. The van der Waals surface area contributed by atoms with E-state index in [0.29, 0.717) is 13.1 Å². The Kier molecular flexibility index (Phi) is 8.06. The molecule has 7 heteroatoms. The number of thiophene rings is 1. The average molecular weight is 383 g/mol. The van der Waals surface area contributed by atoms with E-state index in [1.165, 1.54) is 4.88 Å². The summed E-state index contributed by atoms with van der Waals surface area (Å²) in [6.45, 7) is 3.96. The third kappa shape index (κ3) is 5.33. The van der Waals surface area contributed by atoms with Gasteiger partial charge in [0, 0.05) is 40.9 Å². The lowest BCUT2D eigenvalue weighted by molar-refractivity contribution is -0.126. The molecule has 20 heavy (non-hydrogen) atoms. The smallest absolute Gasteiger partial charge is 0.224 e. The largest absolute Gasteiger partial charge is 0.355 e. The minimum Gasteiger partial charge on any atom is -0.355 e. The van der Waals surface area contributed by atoms with Gasteiger partial charge in [0.15, 0.2) is 0 Å². The van der Waals surface area contributed by atoms with Gasteiger partial charge in [0.05, 0.1) is 5.92 Å². The molecule has 4 nitrogen and oxygen atoms in total. The van der Waals surface area contributed by atoms with Crippen LogP contribution in [-0.2, 0) is 11.3 Å². The molecule has 1 saturated heterocycles. The molecular weight excluding hydrogens is 362 g/mol. The molecule has 114 valence electrons. The Morgan fingerprint density at radius 1 is 1.60 bits per heavy atom. The highest BCUT2D eigenvalue weighted by atomic mass is 79.9. The van der Waals surface area contributed by atoms with E-state index < -0.39 is 0 Å². The van der Waals surface area contributed by atoms with Crippen LogP contribution >= 0.6 is 39.7 Å². The van der Waals surface area contributed by atoms with E-state index in [-0.39, 0.29) is 24.2 Å². The van der Waals surface area contributed by atoms with Gasteiger partial charge < -0.3 is 11.1 Å². The summed E-state index contributed by atoms with van der Waals surface area (Å²) in [5, 5.41) is 5.00. The number of carbonyl (C=O) groups is 1. The van der Waals surface area contributed by atoms with Crippen molar-refractivity contribution in [1.82, 2.24) is 10.2 Å². The first-order valence-electron chi connectivity index (χ1n) is 6.62. The maximum Gasteiger partial charge on any atom is 0.224 e. The van der Waals surface area contributed by atoms with Crippen LogP contribution in [0.5, 0.6) is 0 Å². The second-order valence-corrected chi connectivity index (χ2v) is 6.80. The molecule has 1 amide bonds. The first-order valence-corrected chi connectivity index (χ1v) is 8.29. The van der Waals surface area contributed by atoms with Gasteiger partial charge in [0.25, 0.3) is 0 Å². The van der Waals surface area contributed by atoms with Crippen molar-refractivity contribution in [2.45, 2.75) is 19.4 Å². The summed E-state index contributed by atoms with van der Waals surface area (Å²) < 4.78 is 1.14. The summed E-state index contributed by atoms with van der Waals surface area (Å²) in [5.74, 6) is 0.270. The lowest BCUT2D eigenvalue weighted by atomic mass is 9.97. The topological polar surface area (TPSA) is 58.4 Å². The van der Waals surface area contributed by atoms with Gasteiger partial charge in [-0.05, 0) is 41.4 Å². The first-order chi connectivity index (χ1) is 9.19. The lowest BCUT2D eigenvalue weighted by Gasteiger charge is -2.31. The van der Waals surface area contributed by atoms with Gasteiger partial charge in [-0.25, -0.2) is 0 Å². The molecule has 2 rings (SSSR count). The number of hydrogen-bond acceptors (Lipinski definition) is 4. The second kappa shape index (κ2) is 9.00. The van der Waals surface area contributed by atoms with Gasteiger partial charge in [-0.1, -0.05) is 0 Å². The molecule has 1 atom stereocenters. The monoisotopic (exact) mass is 381 g/mol. The van der Waals surface area contributed by atoms with Crippen molar-refractivity contribution >= 4 is 45.6 Å². The Balaban J connectivity index is 0.00000200. The van der Waals surface area contributed by atoms with Gasteiger partial charge in [-0.2, -0.15) is 0 Å². The molecular formula is C13H21BrClN3OS. The maximum atomic E-state index is 12.0. The Labute approximate surface area is 138 Å². The quantitative estimate of drug-likeness (QED) is 0.821. The fraction of sp³-hybridized carbons (Fsp3) is 0.615. The molecule has 0 radical (unpaired) electrons. The highest BCUT2D eigenvalue weighted by Crippen LogP contribution is 2.24. The Morgan fingerprint density at radius 3 is 3.05 bits per heavy atom. The van der Waals surface area contributed by atoms with Crippen LogP contribution in [0.25, 0.3) is 0 Å². The van der Waals surface area contributed by atoms with E-state index in [0.717, 1.165) is 36.9 Å². The number of halogens is 2. The number of nitrogens with one attached hydrogen (secondary N) is 1. The van der Waals surface area contributed by atoms with Crippen LogP contribution in [-0.4, -0.2) is 37.0 Å². The number of nitrogens with two attached hydrogens (primary N) is 1. The molecule has 3 N–H and O–H groups in total. The molecule has 0 saturated carbocycles. The van der Waals surface area contributed by atoms with E-state index in [1.54, 1.807) is 11.3 Å². The standard InChI is InChI=1S/C13H20BrN3OS.ClH/c14-11-6-12(19-9-11)8-17-5-1-2-10(7-17)13(18)16-4-3-15;/h6,9-10H,1-5,7-8,15H2,(H,16,18);1H.